The summed E-state index contributed by atoms with van der Waals surface area (Å²) < 4.78 is 83.9. The summed E-state index contributed by atoms with van der Waals surface area (Å²) in [6, 6.07) is 21.7. The normalized spacial score (nSPS) is 15.6. The Balaban J connectivity index is 0.000000244. The lowest BCUT2D eigenvalue weighted by molar-refractivity contribution is -0.142. The molecule has 0 bridgehead atoms. The van der Waals surface area contributed by atoms with Crippen molar-refractivity contribution in [3.63, 3.8) is 0 Å². The molecule has 0 saturated carbocycles. The topological polar surface area (TPSA) is 265 Å². The van der Waals surface area contributed by atoms with E-state index in [0.717, 1.165) is 48.9 Å². The first-order valence-electron chi connectivity index (χ1n) is 26.0. The molecule has 2 aromatic heterocycles. The molecule has 2 atom stereocenters. The number of piperidine rings is 2. The smallest absolute Gasteiger partial charge is 0.329 e. The number of nitrogens with zero attached hydrogens (tertiary/aromatic N) is 6. The monoisotopic (exact) mass is 1160 g/mol. The Morgan fingerprint density at radius 3 is 1.66 bits per heavy atom. The molecule has 4 heterocycles. The van der Waals surface area contributed by atoms with Gasteiger partial charge in [-0.2, -0.15) is 8.61 Å². The van der Waals surface area contributed by atoms with E-state index in [1.54, 1.807) is 103 Å². The van der Waals surface area contributed by atoms with Crippen LogP contribution in [0.1, 0.15) is 83.2 Å². The Morgan fingerprint density at radius 2 is 1.16 bits per heavy atom. The van der Waals surface area contributed by atoms with Gasteiger partial charge in [0.15, 0.2) is 0 Å². The molecule has 2 aliphatic rings. The number of nitrogens with one attached hydrogen (secondary N) is 1. The Labute approximate surface area is 475 Å². The van der Waals surface area contributed by atoms with Crippen molar-refractivity contribution in [2.24, 2.45) is 5.73 Å². The van der Waals surface area contributed by atoms with Gasteiger partial charge in [-0.05, 0) is 129 Å². The number of rotatable bonds is 21. The molecular formula is C57H73ClN8O12S2. The highest BCUT2D eigenvalue weighted by Gasteiger charge is 2.37. The molecule has 1 amide bonds. The Morgan fingerprint density at radius 1 is 0.650 bits per heavy atom. The van der Waals surface area contributed by atoms with Crippen molar-refractivity contribution < 1.29 is 55.2 Å². The zero-order valence-corrected chi connectivity index (χ0v) is 48.5. The van der Waals surface area contributed by atoms with Crippen LogP contribution in [-0.4, -0.2) is 128 Å². The SMILES string of the molecule is COc1cc(C)c(S(=O)(=O)N2CCCCC2COCC(=O)NCc2cccc(Oc3cnccn3)c2)c(C)c1.COc1cc(C)c(S(=O)(=O)N2CCCCC2COCC(=O)O)c(C)c1.Cl.NCc1cccc(Cc2cnccn2)c1. The van der Waals surface area contributed by atoms with Gasteiger partial charge in [0.25, 0.3) is 0 Å². The third kappa shape index (κ3) is 18.5. The number of aliphatic carboxylic acids is 1. The van der Waals surface area contributed by atoms with Crippen LogP contribution in [0.5, 0.6) is 23.1 Å². The second-order valence-electron chi connectivity index (χ2n) is 19.1. The summed E-state index contributed by atoms with van der Waals surface area (Å²) in [6.45, 7) is 8.39. The van der Waals surface area contributed by atoms with Gasteiger partial charge in [0.2, 0.25) is 31.8 Å². The number of sulfonamides is 2. The maximum absolute atomic E-state index is 13.7. The van der Waals surface area contributed by atoms with Gasteiger partial charge in [-0.1, -0.05) is 49.2 Å². The molecule has 4 aromatic carbocycles. The van der Waals surface area contributed by atoms with Crippen LogP contribution in [0.4, 0.5) is 0 Å². The molecule has 2 unspecified atom stereocenters. The molecule has 23 heteroatoms. The number of benzene rings is 4. The summed E-state index contributed by atoms with van der Waals surface area (Å²) in [7, 11) is -4.34. The maximum atomic E-state index is 13.7. The molecule has 2 aliphatic heterocycles. The van der Waals surface area contributed by atoms with Gasteiger partial charge in [0.1, 0.15) is 30.5 Å². The van der Waals surface area contributed by atoms with Gasteiger partial charge >= 0.3 is 5.97 Å². The first kappa shape index (κ1) is 64.2. The van der Waals surface area contributed by atoms with Crippen molar-refractivity contribution in [2.75, 3.05) is 53.7 Å². The van der Waals surface area contributed by atoms with E-state index < -0.39 is 32.6 Å². The second-order valence-corrected chi connectivity index (χ2v) is 22.8. The summed E-state index contributed by atoms with van der Waals surface area (Å²) in [4.78, 5) is 40.0. The standard InChI is InChI=1S/C28H34N4O6S.C17H25NO6S.C12H13N3.ClH/c1-20-13-25(36-3)14-21(2)28(20)39(34,35)32-12-5-4-8-23(32)18-37-19-26(33)31-16-22-7-6-9-24(15-22)38-27-17-29-10-11-30-27;1-12-8-15(23-3)9-13(2)17(12)25(21,22)18-7-5-4-6-14(18)10-24-11-16(19)20;13-8-11-3-1-2-10(6-11)7-12-9-14-4-5-15-12;/h6-7,9-11,13-15,17,23H,4-5,8,12,16,18-19H2,1-3H3,(H,31,33);8-9,14H,4-7,10-11H2,1-3H3,(H,19,20);1-6,9H,7-8,13H2;1H. The van der Waals surface area contributed by atoms with E-state index >= 15 is 0 Å². The largest absolute Gasteiger partial charge is 0.497 e. The molecule has 80 heavy (non-hydrogen) atoms. The number of aryl methyl sites for hydroxylation is 4. The Kier molecular flexibility index (Phi) is 25.2. The first-order valence-corrected chi connectivity index (χ1v) is 28.8. The average Bonchev–Trinajstić information content (AvgIpc) is 3.55. The van der Waals surface area contributed by atoms with Gasteiger partial charge in [-0.3, -0.25) is 19.7 Å². The van der Waals surface area contributed by atoms with E-state index in [9.17, 15) is 26.4 Å². The van der Waals surface area contributed by atoms with E-state index in [4.69, 9.17) is 34.5 Å². The highest BCUT2D eigenvalue weighted by atomic mass is 35.5. The van der Waals surface area contributed by atoms with Gasteiger partial charge in [-0.25, -0.2) is 26.6 Å². The number of nitrogens with two attached hydrogens (primary N) is 1. The molecule has 432 valence electrons. The molecule has 0 aliphatic carbocycles. The average molecular weight is 1160 g/mol. The summed E-state index contributed by atoms with van der Waals surface area (Å²) >= 11 is 0. The molecule has 2 saturated heterocycles. The van der Waals surface area contributed by atoms with Gasteiger partial charge in [-0.15, -0.1) is 12.4 Å². The van der Waals surface area contributed by atoms with E-state index in [1.165, 1.54) is 20.4 Å². The summed E-state index contributed by atoms with van der Waals surface area (Å²) in [5, 5.41) is 11.5. The zero-order valence-electron chi connectivity index (χ0n) is 46.1. The number of carboxylic acids is 1. The fourth-order valence-electron chi connectivity index (χ4n) is 9.52. The van der Waals surface area contributed by atoms with Crippen molar-refractivity contribution in [1.82, 2.24) is 33.9 Å². The van der Waals surface area contributed by atoms with Crippen LogP contribution in [0.25, 0.3) is 0 Å². The number of ether oxygens (including phenoxy) is 5. The number of hydrogen-bond donors (Lipinski definition) is 3. The van der Waals surface area contributed by atoms with E-state index in [-0.39, 0.29) is 50.2 Å². The van der Waals surface area contributed by atoms with Crippen molar-refractivity contribution >= 4 is 44.3 Å². The lowest BCUT2D eigenvalue weighted by Gasteiger charge is -2.35. The van der Waals surface area contributed by atoms with E-state index in [2.05, 4.69) is 37.4 Å². The van der Waals surface area contributed by atoms with E-state index in [1.807, 2.05) is 30.3 Å². The fourth-order valence-corrected chi connectivity index (χ4v) is 13.7. The summed E-state index contributed by atoms with van der Waals surface area (Å²) in [5.74, 6) is 0.851. The highest BCUT2D eigenvalue weighted by Crippen LogP contribution is 2.34. The third-order valence-electron chi connectivity index (χ3n) is 13.1. The lowest BCUT2D eigenvalue weighted by Crippen LogP contribution is -2.46. The van der Waals surface area contributed by atoms with Crippen molar-refractivity contribution in [1.29, 1.82) is 0 Å². The number of amides is 1. The van der Waals surface area contributed by atoms with Crippen LogP contribution in [0.2, 0.25) is 0 Å². The zero-order chi connectivity index (χ0) is 57.0. The minimum Gasteiger partial charge on any atom is -0.497 e. The highest BCUT2D eigenvalue weighted by molar-refractivity contribution is 7.89. The van der Waals surface area contributed by atoms with Crippen LogP contribution >= 0.6 is 12.4 Å². The number of halogens is 1. The first-order chi connectivity index (χ1) is 37.9. The molecule has 0 spiro atoms. The van der Waals surface area contributed by atoms with Crippen LogP contribution in [0, 0.1) is 27.7 Å². The predicted molar refractivity (Wildman–Crippen MR) is 304 cm³/mol. The van der Waals surface area contributed by atoms with Gasteiger partial charge < -0.3 is 39.8 Å². The predicted octanol–water partition coefficient (Wildman–Crippen LogP) is 7.67. The Hall–Kier alpha value is -6.63. The van der Waals surface area contributed by atoms with Crippen LogP contribution < -0.4 is 25.3 Å². The molecular weight excluding hydrogens is 1090 g/mol. The number of methoxy groups -OCH3 is 2. The molecule has 20 nitrogen and oxygen atoms in total. The van der Waals surface area contributed by atoms with Crippen molar-refractivity contribution in [3.8, 4) is 23.1 Å². The van der Waals surface area contributed by atoms with E-state index in [0.29, 0.717) is 94.2 Å². The third-order valence-corrected chi connectivity index (χ3v) is 17.6. The molecule has 0 radical (unpaired) electrons. The minimum atomic E-state index is -3.74. The number of hydrogen-bond acceptors (Lipinski definition) is 16. The lowest BCUT2D eigenvalue weighted by atomic mass is 10.1. The molecule has 8 rings (SSSR count). The Bertz CT molecular complexity index is 3140. The quantitative estimate of drug-likeness (QED) is 0.0624. The van der Waals surface area contributed by atoms with Crippen LogP contribution in [0.3, 0.4) is 0 Å². The number of aromatic nitrogens is 4. The van der Waals surface area contributed by atoms with Gasteiger partial charge in [0, 0.05) is 75.7 Å². The van der Waals surface area contributed by atoms with Crippen LogP contribution in [-0.2, 0) is 58.6 Å². The number of carboxylic acid groups (broad SMARTS) is 1. The summed E-state index contributed by atoms with van der Waals surface area (Å²) in [6.07, 6.45) is 15.3. The maximum Gasteiger partial charge on any atom is 0.329 e. The molecule has 2 fully saturated rings. The second kappa shape index (κ2) is 31.4. The van der Waals surface area contributed by atoms with Crippen molar-refractivity contribution in [2.45, 2.75) is 108 Å². The number of carbonyl (C=O) groups excluding carboxylic acids is 1. The summed E-state index contributed by atoms with van der Waals surface area (Å²) in [5.41, 5.74) is 12.3. The molecule has 6 aromatic rings. The van der Waals surface area contributed by atoms with Crippen LogP contribution in [0.15, 0.2) is 120 Å². The fraction of sp³-hybridized carbons (Fsp3) is 0.404. The minimum absolute atomic E-state index is 0. The number of carbonyl (C=O) groups is 2. The van der Waals surface area contributed by atoms with Crippen molar-refractivity contribution in [3.05, 3.63) is 155 Å². The molecule has 4 N–H and O–H groups in total. The van der Waals surface area contributed by atoms with Gasteiger partial charge in [0.05, 0.1) is 49.1 Å².